The molecule has 2 aliphatic rings. The fourth-order valence-electron chi connectivity index (χ4n) is 2.85. The molecule has 1 aromatic rings. The van der Waals surface area contributed by atoms with E-state index in [4.69, 9.17) is 4.74 Å². The number of piperazine rings is 1. The molecule has 0 N–H and O–H groups in total. The van der Waals surface area contributed by atoms with Crippen molar-refractivity contribution < 1.29 is 19.1 Å². The van der Waals surface area contributed by atoms with Crippen molar-refractivity contribution in [3.63, 3.8) is 0 Å². The van der Waals surface area contributed by atoms with E-state index < -0.39 is 11.8 Å². The van der Waals surface area contributed by atoms with Crippen molar-refractivity contribution in [1.82, 2.24) is 14.7 Å². The summed E-state index contributed by atoms with van der Waals surface area (Å²) in [6, 6.07) is 7.22. The van der Waals surface area contributed by atoms with Gasteiger partial charge in [0.15, 0.2) is 0 Å². The molecule has 7 nitrogen and oxygen atoms in total. The summed E-state index contributed by atoms with van der Waals surface area (Å²) in [4.78, 5) is 40.8. The normalized spacial score (nSPS) is 19.0. The molecular weight excluding hydrogens is 310 g/mol. The lowest BCUT2D eigenvalue weighted by Gasteiger charge is -2.31. The van der Waals surface area contributed by atoms with Crippen molar-refractivity contribution in [2.75, 3.05) is 46.4 Å². The minimum Gasteiger partial charge on any atom is -0.378 e. The van der Waals surface area contributed by atoms with Gasteiger partial charge < -0.3 is 19.4 Å². The van der Waals surface area contributed by atoms with Crippen molar-refractivity contribution in [2.45, 2.75) is 6.54 Å². The number of carbonyl (C=O) groups excluding carboxylic acids is 3. The van der Waals surface area contributed by atoms with Gasteiger partial charge in [-0.05, 0) is 17.7 Å². The number of carbonyl (C=O) groups is 3. The van der Waals surface area contributed by atoms with Gasteiger partial charge in [-0.3, -0.25) is 14.4 Å². The minimum atomic E-state index is -0.475. The number of benzene rings is 1. The first kappa shape index (κ1) is 16.4. The van der Waals surface area contributed by atoms with Crippen LogP contribution in [0.25, 0.3) is 0 Å². The summed E-state index contributed by atoms with van der Waals surface area (Å²) in [6.45, 7) is 3.81. The summed E-state index contributed by atoms with van der Waals surface area (Å²) in [5.41, 5.74) is 1.53. The van der Waals surface area contributed by atoms with Crippen molar-refractivity contribution in [3.8, 4) is 0 Å². The molecule has 0 unspecified atom stereocenters. The van der Waals surface area contributed by atoms with Gasteiger partial charge in [0.25, 0.3) is 5.91 Å². The number of likely N-dealkylation sites (N-methyl/N-ethyl adjacent to an activating group) is 1. The van der Waals surface area contributed by atoms with E-state index >= 15 is 0 Å². The van der Waals surface area contributed by atoms with Gasteiger partial charge in [-0.15, -0.1) is 0 Å². The van der Waals surface area contributed by atoms with E-state index in [1.54, 1.807) is 29.0 Å². The Bertz CT molecular complexity index is 638. The van der Waals surface area contributed by atoms with Crippen LogP contribution in [0.15, 0.2) is 24.3 Å². The zero-order chi connectivity index (χ0) is 17.1. The largest absolute Gasteiger partial charge is 0.378 e. The molecule has 0 aromatic heterocycles. The highest BCUT2D eigenvalue weighted by atomic mass is 16.5. The standard InChI is InChI=1S/C17H21N3O4/c1-18-6-7-20(17(23)16(18)22)12-13-2-4-14(5-3-13)15(21)19-8-10-24-11-9-19/h2-5H,6-12H2,1H3. The summed E-state index contributed by atoms with van der Waals surface area (Å²) in [5, 5.41) is 0. The molecule has 0 bridgehead atoms. The number of hydrogen-bond acceptors (Lipinski definition) is 4. The number of rotatable bonds is 3. The van der Waals surface area contributed by atoms with Gasteiger partial charge in [-0.25, -0.2) is 0 Å². The predicted molar refractivity (Wildman–Crippen MR) is 86.2 cm³/mol. The van der Waals surface area contributed by atoms with E-state index in [2.05, 4.69) is 0 Å². The highest BCUT2D eigenvalue weighted by molar-refractivity contribution is 6.35. The summed E-state index contributed by atoms with van der Waals surface area (Å²) in [7, 11) is 1.63. The first-order chi connectivity index (χ1) is 11.6. The molecule has 1 aromatic carbocycles. The molecule has 3 amide bonds. The van der Waals surface area contributed by atoms with E-state index in [0.29, 0.717) is 51.5 Å². The third-order valence-electron chi connectivity index (χ3n) is 4.39. The quantitative estimate of drug-likeness (QED) is 0.729. The average Bonchev–Trinajstić information content (AvgIpc) is 2.63. The van der Waals surface area contributed by atoms with E-state index in [0.717, 1.165) is 5.56 Å². The molecule has 7 heteroatoms. The Morgan fingerprint density at radius 3 is 2.33 bits per heavy atom. The number of morpholine rings is 1. The van der Waals surface area contributed by atoms with Crippen molar-refractivity contribution in [2.24, 2.45) is 0 Å². The molecule has 2 fully saturated rings. The van der Waals surface area contributed by atoms with Crippen molar-refractivity contribution >= 4 is 17.7 Å². The fraction of sp³-hybridized carbons (Fsp3) is 0.471. The van der Waals surface area contributed by atoms with Crippen LogP contribution >= 0.6 is 0 Å². The van der Waals surface area contributed by atoms with Crippen molar-refractivity contribution in [1.29, 1.82) is 0 Å². The summed E-state index contributed by atoms with van der Waals surface area (Å²) in [5.74, 6) is -0.951. The Morgan fingerprint density at radius 1 is 1.00 bits per heavy atom. The minimum absolute atomic E-state index is 0.00398. The summed E-state index contributed by atoms with van der Waals surface area (Å²) >= 11 is 0. The topological polar surface area (TPSA) is 70.2 Å². The van der Waals surface area contributed by atoms with Crippen LogP contribution in [0.3, 0.4) is 0 Å². The van der Waals surface area contributed by atoms with E-state index in [9.17, 15) is 14.4 Å². The smallest absolute Gasteiger partial charge is 0.312 e. The van der Waals surface area contributed by atoms with Crippen LogP contribution < -0.4 is 0 Å². The third kappa shape index (κ3) is 3.41. The molecule has 24 heavy (non-hydrogen) atoms. The molecule has 0 saturated carbocycles. The molecule has 2 saturated heterocycles. The Morgan fingerprint density at radius 2 is 1.67 bits per heavy atom. The van der Waals surface area contributed by atoms with Crippen LogP contribution in [0.1, 0.15) is 15.9 Å². The lowest BCUT2D eigenvalue weighted by atomic mass is 10.1. The van der Waals surface area contributed by atoms with Crippen LogP contribution in [-0.4, -0.2) is 78.9 Å². The Labute approximate surface area is 140 Å². The number of amides is 3. The lowest BCUT2D eigenvalue weighted by Crippen LogP contribution is -2.52. The van der Waals surface area contributed by atoms with Crippen LogP contribution in [0.2, 0.25) is 0 Å². The van der Waals surface area contributed by atoms with Crippen LogP contribution in [-0.2, 0) is 20.9 Å². The molecule has 0 aliphatic carbocycles. The lowest BCUT2D eigenvalue weighted by molar-refractivity contribution is -0.155. The highest BCUT2D eigenvalue weighted by Gasteiger charge is 2.30. The third-order valence-corrected chi connectivity index (χ3v) is 4.39. The number of nitrogens with zero attached hydrogens (tertiary/aromatic N) is 3. The number of ether oxygens (including phenoxy) is 1. The second-order valence-corrected chi connectivity index (χ2v) is 6.05. The summed E-state index contributed by atoms with van der Waals surface area (Å²) < 4.78 is 5.25. The van der Waals surface area contributed by atoms with Crippen LogP contribution in [0.5, 0.6) is 0 Å². The molecule has 2 heterocycles. The van der Waals surface area contributed by atoms with Gasteiger partial charge >= 0.3 is 11.8 Å². The maximum absolute atomic E-state index is 12.4. The zero-order valence-electron chi connectivity index (χ0n) is 13.7. The fourth-order valence-corrected chi connectivity index (χ4v) is 2.85. The van der Waals surface area contributed by atoms with Gasteiger partial charge in [-0.1, -0.05) is 12.1 Å². The molecule has 0 radical (unpaired) electrons. The highest BCUT2D eigenvalue weighted by Crippen LogP contribution is 2.13. The van der Waals surface area contributed by atoms with Gasteiger partial charge in [0, 0.05) is 45.3 Å². The maximum atomic E-state index is 12.4. The van der Waals surface area contributed by atoms with Gasteiger partial charge in [-0.2, -0.15) is 0 Å². The SMILES string of the molecule is CN1CCN(Cc2ccc(C(=O)N3CCOCC3)cc2)C(=O)C1=O. The van der Waals surface area contributed by atoms with Crippen LogP contribution in [0.4, 0.5) is 0 Å². The van der Waals surface area contributed by atoms with Crippen molar-refractivity contribution in [3.05, 3.63) is 35.4 Å². The van der Waals surface area contributed by atoms with Gasteiger partial charge in [0.2, 0.25) is 0 Å². The van der Waals surface area contributed by atoms with Gasteiger partial charge in [0.05, 0.1) is 13.2 Å². The second kappa shape index (κ2) is 7.00. The second-order valence-electron chi connectivity index (χ2n) is 6.05. The van der Waals surface area contributed by atoms with Gasteiger partial charge in [0.1, 0.15) is 0 Å². The Balaban J connectivity index is 1.63. The maximum Gasteiger partial charge on any atom is 0.312 e. The molecule has 128 valence electrons. The monoisotopic (exact) mass is 331 g/mol. The van der Waals surface area contributed by atoms with E-state index in [-0.39, 0.29) is 5.91 Å². The number of hydrogen-bond donors (Lipinski definition) is 0. The Hall–Kier alpha value is -2.41. The van der Waals surface area contributed by atoms with E-state index in [1.165, 1.54) is 4.90 Å². The Kier molecular flexibility index (Phi) is 4.80. The first-order valence-electron chi connectivity index (χ1n) is 8.06. The molecular formula is C17H21N3O4. The average molecular weight is 331 g/mol. The molecule has 3 rings (SSSR count). The molecule has 0 spiro atoms. The van der Waals surface area contributed by atoms with E-state index in [1.807, 2.05) is 12.1 Å². The first-order valence-corrected chi connectivity index (χ1v) is 8.06. The zero-order valence-corrected chi connectivity index (χ0v) is 13.7. The summed E-state index contributed by atoms with van der Waals surface area (Å²) in [6.07, 6.45) is 0. The predicted octanol–water partition coefficient (Wildman–Crippen LogP) is -0.0404. The molecule has 2 aliphatic heterocycles. The molecule has 0 atom stereocenters. The van der Waals surface area contributed by atoms with Crippen LogP contribution in [0, 0.1) is 0 Å².